The second kappa shape index (κ2) is 13.3. The van der Waals surface area contributed by atoms with Crippen LogP contribution in [0.3, 0.4) is 0 Å². The van der Waals surface area contributed by atoms with Crippen LogP contribution in [0.1, 0.15) is 24.0 Å². The Balaban J connectivity index is 1.10. The molecule has 0 saturated carbocycles. The smallest absolute Gasteiger partial charge is 0.407 e. The molecule has 4 rings (SSSR count). The fraction of sp³-hybridized carbons (Fsp3) is 0.310. The number of piperazine rings is 1. The maximum atomic E-state index is 12.3. The van der Waals surface area contributed by atoms with Crippen LogP contribution in [0, 0.1) is 0 Å². The van der Waals surface area contributed by atoms with Crippen LogP contribution < -0.4 is 15.5 Å². The van der Waals surface area contributed by atoms with Gasteiger partial charge in [0, 0.05) is 57.1 Å². The van der Waals surface area contributed by atoms with E-state index in [9.17, 15) is 9.59 Å². The molecule has 0 aromatic heterocycles. The van der Waals surface area contributed by atoms with Gasteiger partial charge in [-0.1, -0.05) is 60.7 Å². The van der Waals surface area contributed by atoms with Crippen molar-refractivity contribution in [3.8, 4) is 0 Å². The summed E-state index contributed by atoms with van der Waals surface area (Å²) in [5, 5.41) is 5.61. The lowest BCUT2D eigenvalue weighted by Crippen LogP contribution is -2.45. The van der Waals surface area contributed by atoms with Crippen molar-refractivity contribution < 1.29 is 14.3 Å². The van der Waals surface area contributed by atoms with E-state index in [-0.39, 0.29) is 12.5 Å². The maximum absolute atomic E-state index is 12.3. The number of carbonyl (C=O) groups excluding carboxylic acids is 2. The van der Waals surface area contributed by atoms with Crippen molar-refractivity contribution in [2.24, 2.45) is 0 Å². The Kier molecular flexibility index (Phi) is 9.33. The maximum Gasteiger partial charge on any atom is 0.407 e. The van der Waals surface area contributed by atoms with Crippen LogP contribution in [-0.2, 0) is 22.7 Å². The van der Waals surface area contributed by atoms with E-state index in [0.29, 0.717) is 19.4 Å². The second-order valence-electron chi connectivity index (χ2n) is 8.94. The Labute approximate surface area is 213 Å². The van der Waals surface area contributed by atoms with Crippen molar-refractivity contribution in [2.75, 3.05) is 42.9 Å². The molecule has 1 aliphatic heterocycles. The van der Waals surface area contributed by atoms with E-state index in [1.807, 2.05) is 42.5 Å². The molecule has 0 unspecified atom stereocenters. The first-order valence-electron chi connectivity index (χ1n) is 12.5. The molecule has 188 valence electrons. The molecule has 2 amide bonds. The minimum atomic E-state index is -0.476. The molecule has 3 aromatic carbocycles. The summed E-state index contributed by atoms with van der Waals surface area (Å²) in [6, 6.07) is 28.1. The minimum absolute atomic E-state index is 0.0725. The highest BCUT2D eigenvalue weighted by atomic mass is 16.5. The van der Waals surface area contributed by atoms with Crippen molar-refractivity contribution in [2.45, 2.75) is 26.0 Å². The van der Waals surface area contributed by atoms with Gasteiger partial charge in [-0.15, -0.1) is 0 Å². The third kappa shape index (κ3) is 8.13. The third-order valence-corrected chi connectivity index (χ3v) is 6.20. The molecule has 2 N–H and O–H groups in total. The third-order valence-electron chi connectivity index (χ3n) is 6.20. The van der Waals surface area contributed by atoms with Crippen LogP contribution in [0.25, 0.3) is 0 Å². The van der Waals surface area contributed by atoms with Crippen LogP contribution in [-0.4, -0.2) is 49.6 Å². The van der Waals surface area contributed by atoms with Crippen LogP contribution >= 0.6 is 0 Å². The summed E-state index contributed by atoms with van der Waals surface area (Å²) < 4.78 is 5.17. The number of hydrogen-bond donors (Lipinski definition) is 2. The summed E-state index contributed by atoms with van der Waals surface area (Å²) in [5.74, 6) is -0.0725. The van der Waals surface area contributed by atoms with Crippen LogP contribution in [0.15, 0.2) is 84.9 Å². The fourth-order valence-electron chi connectivity index (χ4n) is 4.20. The van der Waals surface area contributed by atoms with E-state index in [1.54, 1.807) is 0 Å². The number of nitrogens with one attached hydrogen (secondary N) is 2. The molecule has 0 spiro atoms. The van der Waals surface area contributed by atoms with Gasteiger partial charge in [0.1, 0.15) is 6.61 Å². The Bertz CT molecular complexity index is 1080. The first-order valence-corrected chi connectivity index (χ1v) is 12.5. The Morgan fingerprint density at radius 3 is 2.08 bits per heavy atom. The highest BCUT2D eigenvalue weighted by molar-refractivity contribution is 5.90. The molecule has 1 fully saturated rings. The van der Waals surface area contributed by atoms with E-state index >= 15 is 0 Å². The molecule has 1 heterocycles. The molecule has 7 nitrogen and oxygen atoms in total. The van der Waals surface area contributed by atoms with E-state index in [4.69, 9.17) is 4.74 Å². The number of carbonyl (C=O) groups is 2. The number of hydrogen-bond acceptors (Lipinski definition) is 5. The summed E-state index contributed by atoms with van der Waals surface area (Å²) in [4.78, 5) is 28.9. The van der Waals surface area contributed by atoms with E-state index in [2.05, 4.69) is 62.9 Å². The average molecular weight is 487 g/mol. The second-order valence-corrected chi connectivity index (χ2v) is 8.94. The van der Waals surface area contributed by atoms with Gasteiger partial charge >= 0.3 is 6.09 Å². The first-order chi connectivity index (χ1) is 17.7. The van der Waals surface area contributed by atoms with Gasteiger partial charge in [0.05, 0.1) is 0 Å². The highest BCUT2D eigenvalue weighted by Crippen LogP contribution is 2.20. The zero-order valence-corrected chi connectivity index (χ0v) is 20.6. The van der Waals surface area contributed by atoms with Crippen molar-refractivity contribution in [3.63, 3.8) is 0 Å². The van der Waals surface area contributed by atoms with Crippen molar-refractivity contribution in [3.05, 3.63) is 96.1 Å². The molecule has 0 atom stereocenters. The number of amides is 2. The average Bonchev–Trinajstić information content (AvgIpc) is 2.92. The Morgan fingerprint density at radius 2 is 1.42 bits per heavy atom. The largest absolute Gasteiger partial charge is 0.445 e. The standard InChI is InChI=1S/C29H34N4O3/c34-28(12-7-17-30-29(35)36-23-25-10-5-2-6-11-25)31-26-13-15-27(16-14-26)33-20-18-32(19-21-33)22-24-8-3-1-4-9-24/h1-6,8-11,13-16H,7,12,17-23H2,(H,30,35)(H,31,34). The number of anilines is 2. The fourth-order valence-corrected chi connectivity index (χ4v) is 4.20. The van der Waals surface area contributed by atoms with Gasteiger partial charge in [-0.05, 0) is 41.8 Å². The topological polar surface area (TPSA) is 73.9 Å². The van der Waals surface area contributed by atoms with Gasteiger partial charge in [-0.25, -0.2) is 4.79 Å². The Morgan fingerprint density at radius 1 is 0.778 bits per heavy atom. The molecule has 0 radical (unpaired) electrons. The lowest BCUT2D eigenvalue weighted by Gasteiger charge is -2.36. The quantitative estimate of drug-likeness (QED) is 0.408. The molecule has 0 aliphatic carbocycles. The minimum Gasteiger partial charge on any atom is -0.445 e. The number of nitrogens with zero attached hydrogens (tertiary/aromatic N) is 2. The predicted octanol–water partition coefficient (Wildman–Crippen LogP) is 4.65. The van der Waals surface area contributed by atoms with Crippen molar-refractivity contribution in [1.29, 1.82) is 0 Å². The van der Waals surface area contributed by atoms with Crippen molar-refractivity contribution in [1.82, 2.24) is 10.2 Å². The Hall–Kier alpha value is -3.84. The SMILES string of the molecule is O=C(CCCNC(=O)OCc1ccccc1)Nc1ccc(N2CCN(Cc3ccccc3)CC2)cc1. The monoisotopic (exact) mass is 486 g/mol. The summed E-state index contributed by atoms with van der Waals surface area (Å²) >= 11 is 0. The lowest BCUT2D eigenvalue weighted by molar-refractivity contribution is -0.116. The zero-order chi connectivity index (χ0) is 25.0. The van der Waals surface area contributed by atoms with Gasteiger partial charge in [-0.3, -0.25) is 9.69 Å². The van der Waals surface area contributed by atoms with E-state index in [1.165, 1.54) is 11.3 Å². The normalized spacial score (nSPS) is 13.7. The molecular weight excluding hydrogens is 452 g/mol. The van der Waals surface area contributed by atoms with Gasteiger partial charge in [0.2, 0.25) is 5.91 Å². The molecule has 36 heavy (non-hydrogen) atoms. The van der Waals surface area contributed by atoms with Crippen LogP contribution in [0.2, 0.25) is 0 Å². The molecule has 1 aliphatic rings. The molecular formula is C29H34N4O3. The first kappa shape index (κ1) is 25.3. The zero-order valence-electron chi connectivity index (χ0n) is 20.6. The molecule has 3 aromatic rings. The van der Waals surface area contributed by atoms with Gasteiger partial charge < -0.3 is 20.3 Å². The van der Waals surface area contributed by atoms with Crippen LogP contribution in [0.4, 0.5) is 16.2 Å². The van der Waals surface area contributed by atoms with E-state index in [0.717, 1.165) is 44.0 Å². The van der Waals surface area contributed by atoms with Crippen molar-refractivity contribution >= 4 is 23.4 Å². The summed E-state index contributed by atoms with van der Waals surface area (Å²) in [7, 11) is 0. The van der Waals surface area contributed by atoms with Crippen LogP contribution in [0.5, 0.6) is 0 Å². The summed E-state index contributed by atoms with van der Waals surface area (Å²) in [5.41, 5.74) is 4.24. The highest BCUT2D eigenvalue weighted by Gasteiger charge is 2.17. The molecule has 7 heteroatoms. The van der Waals surface area contributed by atoms with Gasteiger partial charge in [0.15, 0.2) is 0 Å². The molecule has 0 bridgehead atoms. The number of rotatable bonds is 10. The van der Waals surface area contributed by atoms with Gasteiger partial charge in [0.25, 0.3) is 0 Å². The van der Waals surface area contributed by atoms with E-state index < -0.39 is 6.09 Å². The molecule has 1 saturated heterocycles. The summed E-state index contributed by atoms with van der Waals surface area (Å²) in [6.45, 7) is 5.63. The predicted molar refractivity (Wildman–Crippen MR) is 143 cm³/mol. The van der Waals surface area contributed by atoms with Gasteiger partial charge in [-0.2, -0.15) is 0 Å². The lowest BCUT2D eigenvalue weighted by atomic mass is 10.2. The summed E-state index contributed by atoms with van der Waals surface area (Å²) in [6.07, 6.45) is 0.387. The number of alkyl carbamates (subject to hydrolysis) is 1. The number of benzene rings is 3. The number of ether oxygens (including phenoxy) is 1.